The standard InChI is InChI=1S/C21H17F2N3O2/c1-13(14-5-3-2-4-6-14)25-21(28)19-11-15(9-10-24-19)20(27)26-16-7-8-17(22)18(23)12-16/h2-13H,1H3,(H,25,28)(H,26,27). The Morgan fingerprint density at radius 1 is 0.929 bits per heavy atom. The Morgan fingerprint density at radius 2 is 1.68 bits per heavy atom. The largest absolute Gasteiger partial charge is 0.344 e. The van der Waals surface area contributed by atoms with Gasteiger partial charge in [0, 0.05) is 23.5 Å². The molecule has 0 saturated carbocycles. The zero-order valence-corrected chi connectivity index (χ0v) is 14.9. The molecular formula is C21H17F2N3O2. The Balaban J connectivity index is 1.71. The predicted octanol–water partition coefficient (Wildman–Crippen LogP) is 4.10. The van der Waals surface area contributed by atoms with Crippen molar-refractivity contribution in [3.8, 4) is 0 Å². The molecule has 3 rings (SSSR count). The van der Waals surface area contributed by atoms with Crippen LogP contribution in [0.4, 0.5) is 14.5 Å². The number of carbonyl (C=O) groups excluding carboxylic acids is 2. The van der Waals surface area contributed by atoms with Gasteiger partial charge in [-0.3, -0.25) is 14.6 Å². The summed E-state index contributed by atoms with van der Waals surface area (Å²) in [6.45, 7) is 1.84. The highest BCUT2D eigenvalue weighted by Crippen LogP contribution is 2.15. The third-order valence-corrected chi connectivity index (χ3v) is 4.08. The van der Waals surface area contributed by atoms with Gasteiger partial charge >= 0.3 is 0 Å². The summed E-state index contributed by atoms with van der Waals surface area (Å²) in [5.74, 6) is -3.08. The Kier molecular flexibility index (Phi) is 5.74. The summed E-state index contributed by atoms with van der Waals surface area (Å²) in [6.07, 6.45) is 1.34. The number of hydrogen-bond acceptors (Lipinski definition) is 3. The van der Waals surface area contributed by atoms with Gasteiger partial charge in [-0.25, -0.2) is 8.78 Å². The second-order valence-electron chi connectivity index (χ2n) is 6.12. The average Bonchev–Trinajstić information content (AvgIpc) is 2.71. The number of benzene rings is 2. The SMILES string of the molecule is CC(NC(=O)c1cc(C(=O)Nc2ccc(F)c(F)c2)ccn1)c1ccccc1. The lowest BCUT2D eigenvalue weighted by Gasteiger charge is -2.14. The highest BCUT2D eigenvalue weighted by atomic mass is 19.2. The van der Waals surface area contributed by atoms with E-state index in [0.29, 0.717) is 0 Å². The molecule has 2 aromatic carbocycles. The number of nitrogens with one attached hydrogen (secondary N) is 2. The molecule has 7 heteroatoms. The van der Waals surface area contributed by atoms with E-state index in [1.807, 2.05) is 37.3 Å². The van der Waals surface area contributed by atoms with Crippen LogP contribution < -0.4 is 10.6 Å². The van der Waals surface area contributed by atoms with E-state index in [1.165, 1.54) is 24.4 Å². The Labute approximate surface area is 160 Å². The van der Waals surface area contributed by atoms with E-state index in [4.69, 9.17) is 0 Å². The molecule has 0 aliphatic heterocycles. The van der Waals surface area contributed by atoms with Gasteiger partial charge in [-0.2, -0.15) is 0 Å². The van der Waals surface area contributed by atoms with Gasteiger partial charge in [-0.15, -0.1) is 0 Å². The van der Waals surface area contributed by atoms with Crippen molar-refractivity contribution in [1.29, 1.82) is 0 Å². The third-order valence-electron chi connectivity index (χ3n) is 4.08. The van der Waals surface area contributed by atoms with Crippen LogP contribution in [0.1, 0.15) is 39.4 Å². The fourth-order valence-corrected chi connectivity index (χ4v) is 2.57. The maximum atomic E-state index is 13.3. The predicted molar refractivity (Wildman–Crippen MR) is 101 cm³/mol. The van der Waals surface area contributed by atoms with Crippen LogP contribution in [0.15, 0.2) is 66.9 Å². The van der Waals surface area contributed by atoms with Crippen LogP contribution in [0.3, 0.4) is 0 Å². The van der Waals surface area contributed by atoms with E-state index in [2.05, 4.69) is 15.6 Å². The van der Waals surface area contributed by atoms with E-state index < -0.39 is 23.4 Å². The first-order chi connectivity index (χ1) is 13.4. The van der Waals surface area contributed by atoms with Gasteiger partial charge in [0.25, 0.3) is 11.8 Å². The summed E-state index contributed by atoms with van der Waals surface area (Å²) in [5.41, 5.74) is 1.27. The van der Waals surface area contributed by atoms with Crippen LogP contribution in [0.2, 0.25) is 0 Å². The molecular weight excluding hydrogens is 364 g/mol. The van der Waals surface area contributed by atoms with Crippen LogP contribution in [0, 0.1) is 11.6 Å². The summed E-state index contributed by atoms with van der Waals surface area (Å²) in [6, 6.07) is 15.0. The monoisotopic (exact) mass is 381 g/mol. The second-order valence-corrected chi connectivity index (χ2v) is 6.12. The summed E-state index contributed by atoms with van der Waals surface area (Å²) >= 11 is 0. The van der Waals surface area contributed by atoms with Gasteiger partial charge in [0.15, 0.2) is 11.6 Å². The lowest BCUT2D eigenvalue weighted by molar-refractivity contribution is 0.0935. The molecule has 1 heterocycles. The number of aromatic nitrogens is 1. The van der Waals surface area contributed by atoms with Crippen molar-refractivity contribution in [2.24, 2.45) is 0 Å². The quantitative estimate of drug-likeness (QED) is 0.699. The number of anilines is 1. The van der Waals surface area contributed by atoms with Crippen LogP contribution in [-0.2, 0) is 0 Å². The molecule has 0 aliphatic carbocycles. The lowest BCUT2D eigenvalue weighted by atomic mass is 10.1. The van der Waals surface area contributed by atoms with Crippen molar-refractivity contribution in [2.45, 2.75) is 13.0 Å². The molecule has 0 saturated heterocycles. The Bertz CT molecular complexity index is 1010. The zero-order chi connectivity index (χ0) is 20.1. The van der Waals surface area contributed by atoms with E-state index >= 15 is 0 Å². The number of halogens is 2. The number of amides is 2. The molecule has 1 atom stereocenters. The molecule has 0 aliphatic rings. The minimum absolute atomic E-state index is 0.0701. The number of hydrogen-bond donors (Lipinski definition) is 2. The lowest BCUT2D eigenvalue weighted by Crippen LogP contribution is -2.27. The number of carbonyl (C=O) groups is 2. The van der Waals surface area contributed by atoms with Crippen LogP contribution >= 0.6 is 0 Å². The number of pyridine rings is 1. The van der Waals surface area contributed by atoms with Crippen LogP contribution in [0.25, 0.3) is 0 Å². The highest BCUT2D eigenvalue weighted by molar-refractivity contribution is 6.05. The average molecular weight is 381 g/mol. The van der Waals surface area contributed by atoms with Crippen molar-refractivity contribution >= 4 is 17.5 Å². The van der Waals surface area contributed by atoms with E-state index in [1.54, 1.807) is 0 Å². The first-order valence-electron chi connectivity index (χ1n) is 8.52. The normalized spacial score (nSPS) is 11.5. The van der Waals surface area contributed by atoms with Gasteiger partial charge in [0.2, 0.25) is 0 Å². The number of rotatable bonds is 5. The molecule has 2 amide bonds. The van der Waals surface area contributed by atoms with Crippen LogP contribution in [0.5, 0.6) is 0 Å². The highest BCUT2D eigenvalue weighted by Gasteiger charge is 2.15. The second kappa shape index (κ2) is 8.39. The first kappa shape index (κ1) is 19.2. The zero-order valence-electron chi connectivity index (χ0n) is 14.9. The molecule has 142 valence electrons. The molecule has 3 aromatic rings. The summed E-state index contributed by atoms with van der Waals surface area (Å²) in [7, 11) is 0. The van der Waals surface area contributed by atoms with E-state index in [0.717, 1.165) is 17.7 Å². The molecule has 0 radical (unpaired) electrons. The fraction of sp³-hybridized carbons (Fsp3) is 0.0952. The molecule has 2 N–H and O–H groups in total. The van der Waals surface area contributed by atoms with Gasteiger partial charge in [0.1, 0.15) is 5.69 Å². The molecule has 0 spiro atoms. The van der Waals surface area contributed by atoms with Gasteiger partial charge in [-0.1, -0.05) is 30.3 Å². The van der Waals surface area contributed by atoms with Crippen LogP contribution in [-0.4, -0.2) is 16.8 Å². The Hall–Kier alpha value is -3.61. The summed E-state index contributed by atoms with van der Waals surface area (Å²) in [5, 5.41) is 5.27. The van der Waals surface area contributed by atoms with Crippen molar-refractivity contribution in [1.82, 2.24) is 10.3 Å². The van der Waals surface area contributed by atoms with Crippen molar-refractivity contribution in [2.75, 3.05) is 5.32 Å². The number of nitrogens with zero attached hydrogens (tertiary/aromatic N) is 1. The summed E-state index contributed by atoms with van der Waals surface area (Å²) < 4.78 is 26.3. The molecule has 1 unspecified atom stereocenters. The van der Waals surface area contributed by atoms with Gasteiger partial charge in [0.05, 0.1) is 6.04 Å². The van der Waals surface area contributed by atoms with Crippen molar-refractivity contribution in [3.63, 3.8) is 0 Å². The smallest absolute Gasteiger partial charge is 0.270 e. The first-order valence-corrected chi connectivity index (χ1v) is 8.52. The molecule has 0 fully saturated rings. The maximum Gasteiger partial charge on any atom is 0.270 e. The van der Waals surface area contributed by atoms with Crippen molar-refractivity contribution in [3.05, 3.63) is 95.3 Å². The summed E-state index contributed by atoms with van der Waals surface area (Å²) in [4.78, 5) is 28.8. The minimum Gasteiger partial charge on any atom is -0.344 e. The topological polar surface area (TPSA) is 71.1 Å². The van der Waals surface area contributed by atoms with E-state index in [9.17, 15) is 18.4 Å². The fourth-order valence-electron chi connectivity index (χ4n) is 2.57. The molecule has 0 bridgehead atoms. The molecule has 5 nitrogen and oxygen atoms in total. The molecule has 28 heavy (non-hydrogen) atoms. The maximum absolute atomic E-state index is 13.3. The molecule has 1 aromatic heterocycles. The Morgan fingerprint density at radius 3 is 2.39 bits per heavy atom. The minimum atomic E-state index is -1.07. The van der Waals surface area contributed by atoms with Crippen molar-refractivity contribution < 1.29 is 18.4 Å². The van der Waals surface area contributed by atoms with Gasteiger partial charge < -0.3 is 10.6 Å². The van der Waals surface area contributed by atoms with Gasteiger partial charge in [-0.05, 0) is 36.8 Å². The third kappa shape index (κ3) is 4.56. The van der Waals surface area contributed by atoms with E-state index in [-0.39, 0.29) is 23.0 Å².